The number of nitrogens with zero attached hydrogens (tertiary/aromatic N) is 4. The third kappa shape index (κ3) is 5.00. The number of phenols is 1. The van der Waals surface area contributed by atoms with Crippen molar-refractivity contribution in [2.24, 2.45) is 0 Å². The van der Waals surface area contributed by atoms with Crippen molar-refractivity contribution in [1.82, 2.24) is 9.80 Å². The minimum atomic E-state index is -0.643. The van der Waals surface area contributed by atoms with Crippen molar-refractivity contribution in [2.45, 2.75) is 6.92 Å². The predicted octanol–water partition coefficient (Wildman–Crippen LogP) is 2.90. The molecule has 32 heavy (non-hydrogen) atoms. The predicted molar refractivity (Wildman–Crippen MR) is 114 cm³/mol. The summed E-state index contributed by atoms with van der Waals surface area (Å²) in [6, 6.07) is 6.43. The second-order valence-electron chi connectivity index (χ2n) is 7.05. The van der Waals surface area contributed by atoms with E-state index >= 15 is 0 Å². The van der Waals surface area contributed by atoms with Gasteiger partial charge >= 0.3 is 12.1 Å². The van der Waals surface area contributed by atoms with Crippen molar-refractivity contribution >= 4 is 34.8 Å². The van der Waals surface area contributed by atoms with Crippen molar-refractivity contribution in [3.05, 3.63) is 62.2 Å². The van der Waals surface area contributed by atoms with Crippen molar-refractivity contribution in [3.63, 3.8) is 0 Å². The summed E-state index contributed by atoms with van der Waals surface area (Å²) in [5.74, 6) is -0.311. The van der Waals surface area contributed by atoms with Gasteiger partial charge in [0.2, 0.25) is 0 Å². The Hall–Kier alpha value is -4.42. The van der Waals surface area contributed by atoms with Crippen LogP contribution in [-0.2, 0) is 0 Å². The number of rotatable bonds is 4. The number of amides is 4. The van der Waals surface area contributed by atoms with Gasteiger partial charge < -0.3 is 25.5 Å². The van der Waals surface area contributed by atoms with Gasteiger partial charge in [-0.15, -0.1) is 0 Å². The maximum atomic E-state index is 12.5. The molecule has 0 bridgehead atoms. The van der Waals surface area contributed by atoms with Crippen LogP contribution in [0.1, 0.15) is 5.56 Å². The molecule has 3 N–H and O–H groups in total. The fraction of sp³-hybridized carbons (Fsp3) is 0.263. The lowest BCUT2D eigenvalue weighted by atomic mass is 10.2. The third-order valence-electron chi connectivity index (χ3n) is 4.96. The van der Waals surface area contributed by atoms with Crippen LogP contribution in [0, 0.1) is 27.2 Å². The first-order valence-corrected chi connectivity index (χ1v) is 9.50. The number of hydrogen-bond donors (Lipinski definition) is 3. The monoisotopic (exact) mass is 444 g/mol. The topological polar surface area (TPSA) is 171 Å². The zero-order valence-electron chi connectivity index (χ0n) is 17.0. The fourth-order valence-electron chi connectivity index (χ4n) is 3.10. The number of hydrogen-bond acceptors (Lipinski definition) is 7. The first-order chi connectivity index (χ1) is 15.2. The maximum Gasteiger partial charge on any atom is 0.322 e. The molecule has 3 rings (SSSR count). The zero-order chi connectivity index (χ0) is 23.4. The number of carbonyl (C=O) groups excluding carboxylic acids is 2. The molecule has 0 radical (unpaired) electrons. The summed E-state index contributed by atoms with van der Waals surface area (Å²) in [6.45, 7) is 2.49. The number of non-ortho nitro benzene ring substituents is 2. The Labute approximate surface area is 181 Å². The van der Waals surface area contributed by atoms with Crippen molar-refractivity contribution < 1.29 is 24.5 Å². The molecule has 2 aromatic carbocycles. The lowest BCUT2D eigenvalue weighted by molar-refractivity contribution is -0.385. The highest BCUT2D eigenvalue weighted by atomic mass is 16.6. The molecule has 168 valence electrons. The van der Waals surface area contributed by atoms with Crippen LogP contribution in [0.3, 0.4) is 0 Å². The first-order valence-electron chi connectivity index (χ1n) is 9.50. The smallest absolute Gasteiger partial charge is 0.322 e. The summed E-state index contributed by atoms with van der Waals surface area (Å²) in [4.78, 5) is 48.5. The number of urea groups is 2. The van der Waals surface area contributed by atoms with Crippen LogP contribution in [0.4, 0.5) is 32.3 Å². The molecule has 13 nitrogen and oxygen atoms in total. The number of anilines is 2. The SMILES string of the molecule is Cc1ccc([N+](=O)[O-])cc1NC(=O)N1CCN(C(=O)Nc2cc([N+](=O)[O-])ccc2O)CC1. The van der Waals surface area contributed by atoms with Gasteiger partial charge in [0, 0.05) is 50.4 Å². The standard InChI is InChI=1S/C19H20N6O7/c1-12-2-3-13(24(29)30)10-15(12)20-18(27)22-6-8-23(9-7-22)19(28)21-16-11-14(25(31)32)4-5-17(16)26/h2-5,10-11,26H,6-9H2,1H3,(H,20,27)(H,21,28). The van der Waals surface area contributed by atoms with E-state index in [1.54, 1.807) is 13.0 Å². The number of nitro groups is 2. The molecule has 0 spiro atoms. The van der Waals surface area contributed by atoms with Gasteiger partial charge in [-0.25, -0.2) is 9.59 Å². The van der Waals surface area contributed by atoms with E-state index in [0.29, 0.717) is 11.3 Å². The molecule has 0 aliphatic carbocycles. The summed E-state index contributed by atoms with van der Waals surface area (Å²) < 4.78 is 0. The minimum absolute atomic E-state index is 0.0921. The van der Waals surface area contributed by atoms with Crippen LogP contribution in [0.25, 0.3) is 0 Å². The molecule has 1 fully saturated rings. The van der Waals surface area contributed by atoms with Crippen LogP contribution in [0.2, 0.25) is 0 Å². The van der Waals surface area contributed by atoms with Gasteiger partial charge in [0.15, 0.2) is 0 Å². The number of piperazine rings is 1. The molecule has 0 aromatic heterocycles. The van der Waals surface area contributed by atoms with Gasteiger partial charge in [-0.1, -0.05) is 6.07 Å². The van der Waals surface area contributed by atoms with E-state index in [0.717, 1.165) is 18.2 Å². The quantitative estimate of drug-likeness (QED) is 0.369. The molecular weight excluding hydrogens is 424 g/mol. The fourth-order valence-corrected chi connectivity index (χ4v) is 3.10. The maximum absolute atomic E-state index is 12.5. The Morgan fingerprint density at radius 1 is 0.844 bits per heavy atom. The van der Waals surface area contributed by atoms with Crippen molar-refractivity contribution in [1.29, 1.82) is 0 Å². The Kier molecular flexibility index (Phi) is 6.37. The van der Waals surface area contributed by atoms with Gasteiger partial charge in [0.1, 0.15) is 5.75 Å². The van der Waals surface area contributed by atoms with E-state index in [-0.39, 0.29) is 49.0 Å². The number of aromatic hydroxyl groups is 1. The van der Waals surface area contributed by atoms with Crippen LogP contribution < -0.4 is 10.6 Å². The van der Waals surface area contributed by atoms with Crippen LogP contribution in [0.15, 0.2) is 36.4 Å². The van der Waals surface area contributed by atoms with Gasteiger partial charge in [0.05, 0.1) is 21.2 Å². The molecular formula is C19H20N6O7. The molecule has 13 heteroatoms. The molecule has 0 atom stereocenters. The second-order valence-corrected chi connectivity index (χ2v) is 7.05. The lowest BCUT2D eigenvalue weighted by Gasteiger charge is -2.34. The van der Waals surface area contributed by atoms with Gasteiger partial charge in [0.25, 0.3) is 11.4 Å². The van der Waals surface area contributed by atoms with Crippen molar-refractivity contribution in [2.75, 3.05) is 36.8 Å². The summed E-state index contributed by atoms with van der Waals surface area (Å²) in [7, 11) is 0. The van der Waals surface area contributed by atoms with Gasteiger partial charge in [-0.05, 0) is 18.6 Å². The van der Waals surface area contributed by atoms with Gasteiger partial charge in [-0.2, -0.15) is 0 Å². The number of aryl methyl sites for hydroxylation is 1. The molecule has 2 aromatic rings. The van der Waals surface area contributed by atoms with Crippen LogP contribution in [-0.4, -0.2) is 63.0 Å². The number of nitrogens with one attached hydrogen (secondary N) is 2. The highest BCUT2D eigenvalue weighted by Crippen LogP contribution is 2.28. The average Bonchev–Trinajstić information content (AvgIpc) is 2.76. The summed E-state index contributed by atoms with van der Waals surface area (Å²) in [5.41, 5.74) is 0.475. The number of benzene rings is 2. The minimum Gasteiger partial charge on any atom is -0.506 e. The largest absolute Gasteiger partial charge is 0.506 e. The zero-order valence-corrected chi connectivity index (χ0v) is 17.0. The molecule has 1 aliphatic heterocycles. The Morgan fingerprint density at radius 2 is 1.28 bits per heavy atom. The van der Waals surface area contributed by atoms with Gasteiger partial charge in [-0.3, -0.25) is 20.2 Å². The Bertz CT molecular complexity index is 996. The molecule has 1 heterocycles. The van der Waals surface area contributed by atoms with Crippen LogP contribution in [0.5, 0.6) is 5.75 Å². The van der Waals surface area contributed by atoms with E-state index < -0.39 is 21.9 Å². The van der Waals surface area contributed by atoms with E-state index in [1.807, 2.05) is 0 Å². The van der Waals surface area contributed by atoms with Crippen molar-refractivity contribution in [3.8, 4) is 5.75 Å². The van der Waals surface area contributed by atoms with Crippen LogP contribution >= 0.6 is 0 Å². The van der Waals surface area contributed by atoms with E-state index in [9.17, 15) is 34.9 Å². The van der Waals surface area contributed by atoms with E-state index in [4.69, 9.17) is 0 Å². The molecule has 1 saturated heterocycles. The summed E-state index contributed by atoms with van der Waals surface area (Å²) in [5, 5.41) is 36.7. The number of nitro benzene ring substituents is 2. The second kappa shape index (κ2) is 9.16. The molecule has 0 unspecified atom stereocenters. The van der Waals surface area contributed by atoms with E-state index in [1.165, 1.54) is 21.9 Å². The highest BCUT2D eigenvalue weighted by molar-refractivity contribution is 5.92. The Balaban J connectivity index is 1.58. The summed E-state index contributed by atoms with van der Waals surface area (Å²) in [6.07, 6.45) is 0. The Morgan fingerprint density at radius 3 is 1.78 bits per heavy atom. The summed E-state index contributed by atoms with van der Waals surface area (Å²) >= 11 is 0. The van der Waals surface area contributed by atoms with E-state index in [2.05, 4.69) is 10.6 Å². The molecule has 4 amide bonds. The normalized spacial score (nSPS) is 13.4. The third-order valence-corrected chi connectivity index (χ3v) is 4.96. The lowest BCUT2D eigenvalue weighted by Crippen LogP contribution is -2.52. The average molecular weight is 444 g/mol. The number of carbonyl (C=O) groups is 2. The number of phenolic OH excluding ortho intramolecular Hbond substituents is 1. The molecule has 0 saturated carbocycles. The highest BCUT2D eigenvalue weighted by Gasteiger charge is 2.25. The molecule has 1 aliphatic rings. The first kappa shape index (κ1) is 22.3.